The molecule has 1 aliphatic heterocycles. The van der Waals surface area contributed by atoms with Crippen LogP contribution in [0.3, 0.4) is 0 Å². The topological polar surface area (TPSA) is 15.3 Å². The molecule has 0 bridgehead atoms. The van der Waals surface area contributed by atoms with Crippen LogP contribution >= 0.6 is 0 Å². The van der Waals surface area contributed by atoms with Gasteiger partial charge in [0.25, 0.3) is 0 Å². The van der Waals surface area contributed by atoms with Crippen molar-refractivity contribution in [3.63, 3.8) is 0 Å². The van der Waals surface area contributed by atoms with Crippen LogP contribution in [0.15, 0.2) is 0 Å². The minimum absolute atomic E-state index is 0.373. The fraction of sp³-hybridized carbons (Fsp3) is 1.00. The molecule has 0 aromatic rings. The van der Waals surface area contributed by atoms with Gasteiger partial charge in [-0.3, -0.25) is 4.90 Å². The Labute approximate surface area is 126 Å². The average Bonchev–Trinajstić information content (AvgIpc) is 2.36. The van der Waals surface area contributed by atoms with Gasteiger partial charge in [0.05, 0.1) is 0 Å². The minimum atomic E-state index is 0.373. The summed E-state index contributed by atoms with van der Waals surface area (Å²) in [5, 5.41) is 3.74. The molecule has 2 nitrogen and oxygen atoms in total. The Balaban J connectivity index is 1.81. The van der Waals surface area contributed by atoms with E-state index in [0.29, 0.717) is 17.5 Å². The van der Waals surface area contributed by atoms with E-state index in [9.17, 15) is 0 Å². The van der Waals surface area contributed by atoms with Gasteiger partial charge in [0.2, 0.25) is 0 Å². The number of rotatable bonds is 3. The van der Waals surface area contributed by atoms with Crippen LogP contribution in [-0.2, 0) is 0 Å². The summed E-state index contributed by atoms with van der Waals surface area (Å²) in [4.78, 5) is 2.74. The Morgan fingerprint density at radius 3 is 2.55 bits per heavy atom. The lowest BCUT2D eigenvalue weighted by molar-refractivity contribution is 0.0847. The Morgan fingerprint density at radius 1 is 1.15 bits per heavy atom. The highest BCUT2D eigenvalue weighted by atomic mass is 15.2. The van der Waals surface area contributed by atoms with E-state index in [-0.39, 0.29) is 0 Å². The highest BCUT2D eigenvalue weighted by Crippen LogP contribution is 2.31. The van der Waals surface area contributed by atoms with Crippen molar-refractivity contribution < 1.29 is 0 Å². The largest absolute Gasteiger partial charge is 0.311 e. The van der Waals surface area contributed by atoms with Crippen LogP contribution in [0.25, 0.3) is 0 Å². The first-order valence-corrected chi connectivity index (χ1v) is 8.83. The van der Waals surface area contributed by atoms with Gasteiger partial charge < -0.3 is 5.32 Å². The molecule has 0 aromatic carbocycles. The fourth-order valence-corrected chi connectivity index (χ4v) is 3.98. The number of nitrogens with zero attached hydrogens (tertiary/aromatic N) is 1. The lowest BCUT2D eigenvalue weighted by Gasteiger charge is -2.44. The van der Waals surface area contributed by atoms with Gasteiger partial charge in [-0.15, -0.1) is 0 Å². The molecule has 1 saturated carbocycles. The maximum atomic E-state index is 3.74. The third kappa shape index (κ3) is 4.46. The first-order chi connectivity index (χ1) is 9.36. The molecule has 2 aliphatic rings. The zero-order valence-corrected chi connectivity index (χ0v) is 14.4. The second kappa shape index (κ2) is 6.79. The second-order valence-corrected chi connectivity index (χ2v) is 8.60. The number of nitrogens with one attached hydrogen (secondary N) is 1. The lowest BCUT2D eigenvalue weighted by Crippen LogP contribution is -2.59. The van der Waals surface area contributed by atoms with Crippen molar-refractivity contribution >= 4 is 0 Å². The van der Waals surface area contributed by atoms with Crippen LogP contribution in [0.2, 0.25) is 0 Å². The van der Waals surface area contributed by atoms with Gasteiger partial charge in [-0.1, -0.05) is 47.0 Å². The molecule has 4 unspecified atom stereocenters. The van der Waals surface area contributed by atoms with Crippen molar-refractivity contribution in [3.05, 3.63) is 0 Å². The van der Waals surface area contributed by atoms with Gasteiger partial charge in [0.1, 0.15) is 0 Å². The maximum absolute atomic E-state index is 3.74. The predicted octanol–water partition coefficient (Wildman–Crippen LogP) is 3.91. The van der Waals surface area contributed by atoms with Gasteiger partial charge in [0, 0.05) is 25.2 Å². The summed E-state index contributed by atoms with van der Waals surface area (Å²) < 4.78 is 0. The third-order valence-electron chi connectivity index (χ3n) is 5.62. The van der Waals surface area contributed by atoms with E-state index in [4.69, 9.17) is 0 Å². The third-order valence-corrected chi connectivity index (χ3v) is 5.62. The zero-order valence-electron chi connectivity index (χ0n) is 14.4. The number of hydrogen-bond acceptors (Lipinski definition) is 2. The average molecular weight is 281 g/mol. The van der Waals surface area contributed by atoms with Crippen LogP contribution in [0, 0.1) is 17.3 Å². The first-order valence-electron chi connectivity index (χ1n) is 8.83. The SMILES string of the molecule is CC1CCCC(CCN2CC(C(C)(C)C)NCC2C)C1. The Hall–Kier alpha value is -0.0800. The number of piperazine rings is 1. The van der Waals surface area contributed by atoms with Crippen molar-refractivity contribution in [3.8, 4) is 0 Å². The van der Waals surface area contributed by atoms with Gasteiger partial charge >= 0.3 is 0 Å². The van der Waals surface area contributed by atoms with Crippen molar-refractivity contribution in [2.24, 2.45) is 17.3 Å². The summed E-state index contributed by atoms with van der Waals surface area (Å²) >= 11 is 0. The number of hydrogen-bond donors (Lipinski definition) is 1. The van der Waals surface area contributed by atoms with Gasteiger partial charge in [-0.2, -0.15) is 0 Å². The summed E-state index contributed by atoms with van der Waals surface area (Å²) in [6.07, 6.45) is 7.31. The van der Waals surface area contributed by atoms with E-state index < -0.39 is 0 Å². The van der Waals surface area contributed by atoms with E-state index in [1.165, 1.54) is 45.2 Å². The van der Waals surface area contributed by atoms with Crippen LogP contribution in [0.1, 0.15) is 66.7 Å². The Morgan fingerprint density at radius 2 is 1.90 bits per heavy atom. The van der Waals surface area contributed by atoms with Gasteiger partial charge in [-0.25, -0.2) is 0 Å². The van der Waals surface area contributed by atoms with Crippen LogP contribution < -0.4 is 5.32 Å². The summed E-state index contributed by atoms with van der Waals surface area (Å²) in [6.45, 7) is 15.6. The maximum Gasteiger partial charge on any atom is 0.0244 e. The van der Waals surface area contributed by atoms with Gasteiger partial charge in [0.15, 0.2) is 0 Å². The Kier molecular flexibility index (Phi) is 5.53. The Bertz CT molecular complexity index is 294. The molecule has 0 aromatic heterocycles. The summed E-state index contributed by atoms with van der Waals surface area (Å²) in [6, 6.07) is 1.35. The minimum Gasteiger partial charge on any atom is -0.311 e. The van der Waals surface area contributed by atoms with E-state index >= 15 is 0 Å². The molecule has 20 heavy (non-hydrogen) atoms. The zero-order chi connectivity index (χ0) is 14.8. The molecule has 0 radical (unpaired) electrons. The predicted molar refractivity (Wildman–Crippen MR) is 88.0 cm³/mol. The van der Waals surface area contributed by atoms with E-state index in [1.807, 2.05) is 0 Å². The molecule has 2 rings (SSSR count). The quantitative estimate of drug-likeness (QED) is 0.843. The summed E-state index contributed by atoms with van der Waals surface area (Å²) in [5.74, 6) is 1.96. The molecule has 1 N–H and O–H groups in total. The molecule has 1 heterocycles. The standard InChI is InChI=1S/C18H36N2/c1-14-7-6-8-16(11-14)9-10-20-13-17(18(3,4)5)19-12-15(20)2/h14-17,19H,6-13H2,1-5H3. The van der Waals surface area contributed by atoms with Crippen molar-refractivity contribution in [1.29, 1.82) is 0 Å². The summed E-state index contributed by atoms with van der Waals surface area (Å²) in [5.41, 5.74) is 0.373. The highest BCUT2D eigenvalue weighted by molar-refractivity contribution is 4.90. The van der Waals surface area contributed by atoms with Crippen molar-refractivity contribution in [2.75, 3.05) is 19.6 Å². The van der Waals surface area contributed by atoms with Crippen molar-refractivity contribution in [1.82, 2.24) is 10.2 Å². The van der Waals surface area contributed by atoms with Crippen molar-refractivity contribution in [2.45, 2.75) is 78.8 Å². The van der Waals surface area contributed by atoms with E-state index in [2.05, 4.69) is 44.8 Å². The molecule has 0 amide bonds. The fourth-order valence-electron chi connectivity index (χ4n) is 3.98. The molecule has 2 heteroatoms. The molecule has 2 fully saturated rings. The van der Waals surface area contributed by atoms with Gasteiger partial charge in [-0.05, 0) is 43.6 Å². The smallest absolute Gasteiger partial charge is 0.0244 e. The molecular formula is C18H36N2. The monoisotopic (exact) mass is 280 g/mol. The van der Waals surface area contributed by atoms with Crippen LogP contribution in [-0.4, -0.2) is 36.6 Å². The highest BCUT2D eigenvalue weighted by Gasteiger charge is 2.32. The molecule has 1 aliphatic carbocycles. The lowest BCUT2D eigenvalue weighted by atomic mass is 9.80. The van der Waals surface area contributed by atoms with Crippen LogP contribution in [0.4, 0.5) is 0 Å². The molecule has 118 valence electrons. The molecule has 1 saturated heterocycles. The van der Waals surface area contributed by atoms with E-state index in [1.54, 1.807) is 0 Å². The summed E-state index contributed by atoms with van der Waals surface area (Å²) in [7, 11) is 0. The first kappa shape index (κ1) is 16.3. The normalized spacial score (nSPS) is 37.0. The second-order valence-electron chi connectivity index (χ2n) is 8.60. The molecular weight excluding hydrogens is 244 g/mol. The van der Waals surface area contributed by atoms with Crippen LogP contribution in [0.5, 0.6) is 0 Å². The van der Waals surface area contributed by atoms with E-state index in [0.717, 1.165) is 18.4 Å². The molecule has 0 spiro atoms. The molecule has 4 atom stereocenters.